The van der Waals surface area contributed by atoms with Gasteiger partial charge in [0.2, 0.25) is 0 Å². The lowest BCUT2D eigenvalue weighted by Crippen LogP contribution is -2.01. The first-order chi connectivity index (χ1) is 7.56. The number of nitrogens with zero attached hydrogens (tertiary/aromatic N) is 1. The molecular formula is C11H16N2O2S. The van der Waals surface area contributed by atoms with Crippen molar-refractivity contribution in [2.75, 3.05) is 5.73 Å². The van der Waals surface area contributed by atoms with E-state index in [-0.39, 0.29) is 5.69 Å². The fourth-order valence-corrected chi connectivity index (χ4v) is 2.19. The van der Waals surface area contributed by atoms with Gasteiger partial charge in [0.1, 0.15) is 5.69 Å². The van der Waals surface area contributed by atoms with E-state index < -0.39 is 4.92 Å². The summed E-state index contributed by atoms with van der Waals surface area (Å²) >= 11 is 1.76. The van der Waals surface area contributed by atoms with E-state index in [4.69, 9.17) is 5.73 Å². The summed E-state index contributed by atoms with van der Waals surface area (Å²) in [5.41, 5.74) is 6.90. The van der Waals surface area contributed by atoms with E-state index in [1.165, 1.54) is 6.07 Å². The second kappa shape index (κ2) is 5.75. The van der Waals surface area contributed by atoms with Crippen LogP contribution in [0.5, 0.6) is 0 Å². The van der Waals surface area contributed by atoms with Gasteiger partial charge in [-0.05, 0) is 12.0 Å². The Balaban J connectivity index is 2.81. The van der Waals surface area contributed by atoms with E-state index >= 15 is 0 Å². The minimum atomic E-state index is -0.438. The summed E-state index contributed by atoms with van der Waals surface area (Å²) in [4.78, 5) is 10.2. The second-order valence-corrected chi connectivity index (χ2v) is 5.06. The summed E-state index contributed by atoms with van der Waals surface area (Å²) in [6.07, 6.45) is 1.08. The summed E-state index contributed by atoms with van der Waals surface area (Å²) in [5, 5.41) is 11.2. The topological polar surface area (TPSA) is 69.2 Å². The summed E-state index contributed by atoms with van der Waals surface area (Å²) in [5.74, 6) is 0.725. The molecule has 0 spiro atoms. The van der Waals surface area contributed by atoms with Crippen molar-refractivity contribution in [2.45, 2.75) is 31.3 Å². The van der Waals surface area contributed by atoms with Gasteiger partial charge in [-0.2, -0.15) is 11.8 Å². The summed E-state index contributed by atoms with van der Waals surface area (Å²) in [7, 11) is 0. The molecule has 1 aromatic carbocycles. The fraction of sp³-hybridized carbons (Fsp3) is 0.455. The van der Waals surface area contributed by atoms with E-state index in [1.54, 1.807) is 17.8 Å². The maximum absolute atomic E-state index is 10.7. The van der Waals surface area contributed by atoms with Crippen LogP contribution in [-0.2, 0) is 5.75 Å². The van der Waals surface area contributed by atoms with Gasteiger partial charge in [0.05, 0.1) is 4.92 Å². The third kappa shape index (κ3) is 3.13. The molecule has 4 nitrogen and oxygen atoms in total. The average Bonchev–Trinajstić information content (AvgIpc) is 2.26. The Hall–Kier alpha value is -1.23. The average molecular weight is 240 g/mol. The van der Waals surface area contributed by atoms with Gasteiger partial charge >= 0.3 is 0 Å². The van der Waals surface area contributed by atoms with E-state index in [2.05, 4.69) is 13.8 Å². The van der Waals surface area contributed by atoms with Gasteiger partial charge in [0.25, 0.3) is 5.69 Å². The Morgan fingerprint density at radius 3 is 2.81 bits per heavy atom. The number of nitrogens with two attached hydrogens (primary N) is 1. The molecule has 0 radical (unpaired) electrons. The number of benzene rings is 1. The van der Waals surface area contributed by atoms with Crippen LogP contribution in [0.2, 0.25) is 0 Å². The molecule has 1 atom stereocenters. The highest BCUT2D eigenvalue weighted by molar-refractivity contribution is 7.99. The van der Waals surface area contributed by atoms with Gasteiger partial charge in [-0.3, -0.25) is 10.1 Å². The number of nitro benzene ring substituents is 1. The molecule has 1 aromatic rings. The van der Waals surface area contributed by atoms with Crippen LogP contribution in [0.15, 0.2) is 18.2 Å². The Labute approximate surface area is 99.4 Å². The Bertz CT molecular complexity index is 382. The molecule has 0 heterocycles. The largest absolute Gasteiger partial charge is 0.393 e. The predicted octanol–water partition coefficient (Wildman–Crippen LogP) is 3.21. The number of hydrogen-bond acceptors (Lipinski definition) is 4. The lowest BCUT2D eigenvalue weighted by Gasteiger charge is -2.09. The number of rotatable bonds is 5. The zero-order valence-electron chi connectivity index (χ0n) is 9.47. The SMILES string of the molecule is CCC(C)SCc1cccc([N+](=O)[O-])c1N. The number of anilines is 1. The fourth-order valence-electron chi connectivity index (χ4n) is 1.23. The van der Waals surface area contributed by atoms with Crippen molar-refractivity contribution in [3.05, 3.63) is 33.9 Å². The number of hydrogen-bond donors (Lipinski definition) is 1. The van der Waals surface area contributed by atoms with Crippen LogP contribution < -0.4 is 5.73 Å². The highest BCUT2D eigenvalue weighted by Crippen LogP contribution is 2.29. The normalized spacial score (nSPS) is 12.4. The molecule has 5 heteroatoms. The molecular weight excluding hydrogens is 224 g/mol. The van der Waals surface area contributed by atoms with Crippen molar-refractivity contribution < 1.29 is 4.92 Å². The standard InChI is InChI=1S/C11H16N2O2S/c1-3-8(2)16-7-9-5-4-6-10(11(9)12)13(14)15/h4-6,8H,3,7,12H2,1-2H3. The Morgan fingerprint density at radius 1 is 1.56 bits per heavy atom. The summed E-state index contributed by atoms with van der Waals surface area (Å²) in [6, 6.07) is 4.96. The van der Waals surface area contributed by atoms with Crippen molar-refractivity contribution in [1.29, 1.82) is 0 Å². The molecule has 0 aliphatic carbocycles. The lowest BCUT2D eigenvalue weighted by atomic mass is 10.2. The highest BCUT2D eigenvalue weighted by atomic mass is 32.2. The predicted molar refractivity (Wildman–Crippen MR) is 68.6 cm³/mol. The first-order valence-electron chi connectivity index (χ1n) is 5.19. The molecule has 16 heavy (non-hydrogen) atoms. The Kier molecular flexibility index (Phi) is 4.61. The number of nitro groups is 1. The van der Waals surface area contributed by atoms with Crippen molar-refractivity contribution in [3.63, 3.8) is 0 Å². The van der Waals surface area contributed by atoms with E-state index in [1.807, 2.05) is 6.07 Å². The molecule has 0 saturated heterocycles. The van der Waals surface area contributed by atoms with Crippen molar-refractivity contribution in [1.82, 2.24) is 0 Å². The molecule has 1 unspecified atom stereocenters. The van der Waals surface area contributed by atoms with Gasteiger partial charge in [0, 0.05) is 17.1 Å². The van der Waals surface area contributed by atoms with Gasteiger partial charge in [-0.1, -0.05) is 26.0 Å². The van der Waals surface area contributed by atoms with Crippen LogP contribution in [-0.4, -0.2) is 10.2 Å². The van der Waals surface area contributed by atoms with Crippen molar-refractivity contribution in [3.8, 4) is 0 Å². The van der Waals surface area contributed by atoms with E-state index in [0.29, 0.717) is 10.9 Å². The Morgan fingerprint density at radius 2 is 2.25 bits per heavy atom. The highest BCUT2D eigenvalue weighted by Gasteiger charge is 2.14. The molecule has 88 valence electrons. The number of para-hydroxylation sites is 1. The zero-order valence-corrected chi connectivity index (χ0v) is 10.3. The summed E-state index contributed by atoms with van der Waals surface area (Å²) < 4.78 is 0. The molecule has 0 aliphatic heterocycles. The monoisotopic (exact) mass is 240 g/mol. The second-order valence-electron chi connectivity index (χ2n) is 3.64. The van der Waals surface area contributed by atoms with Crippen LogP contribution in [0.3, 0.4) is 0 Å². The van der Waals surface area contributed by atoms with E-state index in [0.717, 1.165) is 17.7 Å². The smallest absolute Gasteiger partial charge is 0.292 e. The third-order valence-electron chi connectivity index (χ3n) is 2.47. The van der Waals surface area contributed by atoms with Gasteiger partial charge in [0.15, 0.2) is 0 Å². The van der Waals surface area contributed by atoms with Gasteiger partial charge in [-0.15, -0.1) is 0 Å². The quantitative estimate of drug-likeness (QED) is 0.487. The van der Waals surface area contributed by atoms with Crippen molar-refractivity contribution in [2.24, 2.45) is 0 Å². The summed E-state index contributed by atoms with van der Waals surface area (Å²) in [6.45, 7) is 4.26. The number of nitrogen functional groups attached to an aromatic ring is 1. The zero-order chi connectivity index (χ0) is 12.1. The van der Waals surface area contributed by atoms with Crippen LogP contribution in [0, 0.1) is 10.1 Å². The first kappa shape index (κ1) is 12.8. The molecule has 1 rings (SSSR count). The molecule has 0 saturated carbocycles. The molecule has 0 aromatic heterocycles. The molecule has 0 bridgehead atoms. The first-order valence-corrected chi connectivity index (χ1v) is 6.24. The van der Waals surface area contributed by atoms with Crippen LogP contribution in [0.1, 0.15) is 25.8 Å². The maximum Gasteiger partial charge on any atom is 0.292 e. The molecule has 2 N–H and O–H groups in total. The lowest BCUT2D eigenvalue weighted by molar-refractivity contribution is -0.383. The molecule has 0 fully saturated rings. The van der Waals surface area contributed by atoms with Crippen molar-refractivity contribution >= 4 is 23.1 Å². The van der Waals surface area contributed by atoms with Crippen LogP contribution in [0.25, 0.3) is 0 Å². The molecule has 0 aliphatic rings. The van der Waals surface area contributed by atoms with E-state index in [9.17, 15) is 10.1 Å². The molecule has 0 amide bonds. The van der Waals surface area contributed by atoms with Crippen LogP contribution >= 0.6 is 11.8 Å². The van der Waals surface area contributed by atoms with Crippen LogP contribution in [0.4, 0.5) is 11.4 Å². The maximum atomic E-state index is 10.7. The minimum absolute atomic E-state index is 0.00208. The number of thioether (sulfide) groups is 1. The van der Waals surface area contributed by atoms with Gasteiger partial charge in [-0.25, -0.2) is 0 Å². The van der Waals surface area contributed by atoms with Gasteiger partial charge < -0.3 is 5.73 Å². The minimum Gasteiger partial charge on any atom is -0.393 e. The third-order valence-corrected chi connectivity index (χ3v) is 3.85.